The minimum atomic E-state index is 0.638. The first-order valence-electron chi connectivity index (χ1n) is 2.92. The summed E-state index contributed by atoms with van der Waals surface area (Å²) < 4.78 is 4.99. The van der Waals surface area contributed by atoms with Crippen LogP contribution in [0.25, 0.3) is 11.0 Å². The van der Waals surface area contributed by atoms with Crippen molar-refractivity contribution in [3.05, 3.63) is 35.6 Å². The zero-order chi connectivity index (χ0) is 6.97. The number of fused-ring (bicyclic) bond motifs is 1. The molecule has 49 valence electrons. The summed E-state index contributed by atoms with van der Waals surface area (Å²) in [5.74, 6) is 0. The van der Waals surface area contributed by atoms with Crippen LogP contribution >= 0.6 is 11.6 Å². The Labute approximate surface area is 63.2 Å². The maximum absolute atomic E-state index is 5.78. The third-order valence-electron chi connectivity index (χ3n) is 1.37. The summed E-state index contributed by atoms with van der Waals surface area (Å²) in [7, 11) is 0. The molecule has 2 aromatic rings. The fourth-order valence-corrected chi connectivity index (χ4v) is 1.12. The van der Waals surface area contributed by atoms with Gasteiger partial charge in [-0.3, -0.25) is 0 Å². The van der Waals surface area contributed by atoms with Crippen molar-refractivity contribution >= 4 is 22.6 Å². The number of para-hydroxylation sites is 1. The van der Waals surface area contributed by atoms with Gasteiger partial charge in [0.2, 0.25) is 0 Å². The van der Waals surface area contributed by atoms with E-state index in [1.165, 1.54) is 0 Å². The van der Waals surface area contributed by atoms with Gasteiger partial charge < -0.3 is 4.42 Å². The Balaban J connectivity index is 2.95. The number of rotatable bonds is 0. The Morgan fingerprint density at radius 2 is 2.30 bits per heavy atom. The van der Waals surface area contributed by atoms with E-state index in [0.29, 0.717) is 10.6 Å². The van der Waals surface area contributed by atoms with Crippen molar-refractivity contribution in [1.82, 2.24) is 0 Å². The molecule has 0 aliphatic heterocycles. The van der Waals surface area contributed by atoms with Crippen LogP contribution in [-0.4, -0.2) is 0 Å². The second-order valence-corrected chi connectivity index (χ2v) is 2.43. The molecule has 2 rings (SSSR count). The van der Waals surface area contributed by atoms with Gasteiger partial charge in [0.15, 0.2) is 11.8 Å². The molecule has 0 bridgehead atoms. The molecule has 0 N–H and O–H groups in total. The van der Waals surface area contributed by atoms with E-state index in [2.05, 4.69) is 6.26 Å². The first-order chi connectivity index (χ1) is 4.88. The van der Waals surface area contributed by atoms with E-state index in [0.717, 1.165) is 5.39 Å². The van der Waals surface area contributed by atoms with Crippen LogP contribution in [0, 0.1) is 6.26 Å². The van der Waals surface area contributed by atoms with E-state index < -0.39 is 0 Å². The van der Waals surface area contributed by atoms with Crippen molar-refractivity contribution in [3.63, 3.8) is 0 Å². The molecule has 2 heteroatoms. The highest BCUT2D eigenvalue weighted by atomic mass is 35.5. The first-order valence-corrected chi connectivity index (χ1v) is 3.30. The van der Waals surface area contributed by atoms with Crippen molar-refractivity contribution in [2.24, 2.45) is 0 Å². The van der Waals surface area contributed by atoms with Gasteiger partial charge in [-0.25, -0.2) is 0 Å². The topological polar surface area (TPSA) is 13.1 Å². The SMILES string of the molecule is Clc1cccc2c[c]oc12. The molecular weight excluding hydrogens is 148 g/mol. The van der Waals surface area contributed by atoms with Gasteiger partial charge in [0.25, 0.3) is 0 Å². The lowest BCUT2D eigenvalue weighted by molar-refractivity contribution is 0.606. The fourth-order valence-electron chi connectivity index (χ4n) is 0.899. The zero-order valence-electron chi connectivity index (χ0n) is 5.10. The number of hydrogen-bond acceptors (Lipinski definition) is 1. The highest BCUT2D eigenvalue weighted by Crippen LogP contribution is 2.22. The molecule has 0 spiro atoms. The van der Waals surface area contributed by atoms with Crippen LogP contribution in [0.1, 0.15) is 0 Å². The van der Waals surface area contributed by atoms with E-state index in [4.69, 9.17) is 16.0 Å². The van der Waals surface area contributed by atoms with E-state index in [1.54, 1.807) is 12.1 Å². The van der Waals surface area contributed by atoms with Gasteiger partial charge in [0.05, 0.1) is 5.02 Å². The summed E-state index contributed by atoms with van der Waals surface area (Å²) >= 11 is 5.78. The minimum Gasteiger partial charge on any atom is -0.451 e. The Bertz CT molecular complexity index is 351. The molecule has 1 aromatic heterocycles. The molecule has 0 saturated heterocycles. The van der Waals surface area contributed by atoms with Crippen LogP contribution in [0.5, 0.6) is 0 Å². The molecule has 1 nitrogen and oxygen atoms in total. The highest BCUT2D eigenvalue weighted by Gasteiger charge is 1.98. The lowest BCUT2D eigenvalue weighted by atomic mass is 10.3. The predicted octanol–water partition coefficient (Wildman–Crippen LogP) is 2.89. The van der Waals surface area contributed by atoms with Crippen LogP contribution in [-0.2, 0) is 0 Å². The van der Waals surface area contributed by atoms with Gasteiger partial charge in [0, 0.05) is 5.39 Å². The Hall–Kier alpha value is -0.950. The predicted molar refractivity (Wildman–Crippen MR) is 40.1 cm³/mol. The molecular formula is C8H4ClO. The lowest BCUT2D eigenvalue weighted by Gasteiger charge is -1.88. The van der Waals surface area contributed by atoms with Crippen LogP contribution in [0.3, 0.4) is 0 Å². The summed E-state index contributed by atoms with van der Waals surface area (Å²) in [5.41, 5.74) is 0.712. The van der Waals surface area contributed by atoms with Gasteiger partial charge in [0.1, 0.15) is 0 Å². The summed E-state index contributed by atoms with van der Waals surface area (Å²) in [4.78, 5) is 0. The molecule has 0 fully saturated rings. The molecule has 1 heterocycles. The van der Waals surface area contributed by atoms with Crippen molar-refractivity contribution in [3.8, 4) is 0 Å². The van der Waals surface area contributed by atoms with Crippen LogP contribution in [0.2, 0.25) is 5.02 Å². The van der Waals surface area contributed by atoms with Crippen molar-refractivity contribution in [2.75, 3.05) is 0 Å². The number of benzene rings is 1. The molecule has 0 saturated carbocycles. The lowest BCUT2D eigenvalue weighted by Crippen LogP contribution is -1.63. The molecule has 10 heavy (non-hydrogen) atoms. The largest absolute Gasteiger partial charge is 0.451 e. The second kappa shape index (κ2) is 2.03. The zero-order valence-corrected chi connectivity index (χ0v) is 5.85. The minimum absolute atomic E-state index is 0.638. The highest BCUT2D eigenvalue weighted by molar-refractivity contribution is 6.34. The Morgan fingerprint density at radius 3 is 3.10 bits per heavy atom. The molecule has 0 aliphatic carbocycles. The third-order valence-corrected chi connectivity index (χ3v) is 1.67. The van der Waals surface area contributed by atoms with Crippen molar-refractivity contribution < 1.29 is 4.42 Å². The molecule has 0 amide bonds. The quantitative estimate of drug-likeness (QED) is 0.564. The molecule has 0 atom stereocenters. The molecule has 0 aliphatic rings. The third kappa shape index (κ3) is 0.711. The van der Waals surface area contributed by atoms with E-state index in [1.807, 2.05) is 12.1 Å². The van der Waals surface area contributed by atoms with Gasteiger partial charge >= 0.3 is 0 Å². The average Bonchev–Trinajstić information content (AvgIpc) is 2.36. The molecule has 0 unspecified atom stereocenters. The van der Waals surface area contributed by atoms with Gasteiger partial charge in [-0.2, -0.15) is 0 Å². The Kier molecular flexibility index (Phi) is 1.18. The summed E-state index contributed by atoms with van der Waals surface area (Å²) in [5, 5.41) is 1.63. The van der Waals surface area contributed by atoms with Crippen LogP contribution in [0.15, 0.2) is 28.7 Å². The second-order valence-electron chi connectivity index (χ2n) is 2.02. The van der Waals surface area contributed by atoms with E-state index in [9.17, 15) is 0 Å². The fraction of sp³-hybridized carbons (Fsp3) is 0. The molecule has 1 aromatic carbocycles. The van der Waals surface area contributed by atoms with Crippen LogP contribution < -0.4 is 0 Å². The Morgan fingerprint density at radius 1 is 1.40 bits per heavy atom. The maximum atomic E-state index is 5.78. The number of halogens is 1. The van der Waals surface area contributed by atoms with E-state index in [-0.39, 0.29) is 0 Å². The normalized spacial score (nSPS) is 10.5. The van der Waals surface area contributed by atoms with Gasteiger partial charge in [-0.1, -0.05) is 23.7 Å². The standard InChI is InChI=1S/C8H4ClO/c9-7-3-1-2-6-4-5-10-8(6)7/h1-4H. The van der Waals surface area contributed by atoms with Crippen LogP contribution in [0.4, 0.5) is 0 Å². The smallest absolute Gasteiger partial charge is 0.170 e. The van der Waals surface area contributed by atoms with E-state index >= 15 is 0 Å². The summed E-state index contributed by atoms with van der Waals surface area (Å²) in [6, 6.07) is 7.37. The van der Waals surface area contributed by atoms with Gasteiger partial charge in [-0.15, -0.1) is 0 Å². The number of furan rings is 1. The maximum Gasteiger partial charge on any atom is 0.170 e. The van der Waals surface area contributed by atoms with Crippen molar-refractivity contribution in [1.29, 1.82) is 0 Å². The summed E-state index contributed by atoms with van der Waals surface area (Å²) in [6.07, 6.45) is 2.62. The van der Waals surface area contributed by atoms with Gasteiger partial charge in [-0.05, 0) is 12.1 Å². The monoisotopic (exact) mass is 151 g/mol. The first kappa shape index (κ1) is 5.81. The average molecular weight is 152 g/mol. The van der Waals surface area contributed by atoms with Crippen molar-refractivity contribution in [2.45, 2.75) is 0 Å². The summed E-state index contributed by atoms with van der Waals surface area (Å²) in [6.45, 7) is 0. The number of hydrogen-bond donors (Lipinski definition) is 0. The molecule has 1 radical (unpaired) electrons.